The third kappa shape index (κ3) is 9.06. The van der Waals surface area contributed by atoms with Crippen LogP contribution in [0.25, 0.3) is 0 Å². The fraction of sp³-hybridized carbons (Fsp3) is 0.737. The van der Waals surface area contributed by atoms with Crippen LogP contribution in [0.1, 0.15) is 25.0 Å². The molecule has 0 aliphatic carbocycles. The summed E-state index contributed by atoms with van der Waals surface area (Å²) >= 11 is 2.04. The van der Waals surface area contributed by atoms with Gasteiger partial charge in [-0.3, -0.25) is 9.89 Å². The van der Waals surface area contributed by atoms with Crippen molar-refractivity contribution in [2.75, 3.05) is 57.4 Å². The zero-order chi connectivity index (χ0) is 17.9. The molecule has 1 unspecified atom stereocenters. The molecule has 2 saturated heterocycles. The summed E-state index contributed by atoms with van der Waals surface area (Å²) in [6.07, 6.45) is 6.22. The lowest BCUT2D eigenvalue weighted by Gasteiger charge is -2.26. The van der Waals surface area contributed by atoms with Gasteiger partial charge in [0.1, 0.15) is 5.76 Å². The number of thioether (sulfide) groups is 1. The molecule has 3 heterocycles. The van der Waals surface area contributed by atoms with Gasteiger partial charge in [0, 0.05) is 50.9 Å². The number of hydrogen-bond acceptors (Lipinski definition) is 5. The molecule has 0 spiro atoms. The molecule has 3 rings (SSSR count). The second-order valence-corrected chi connectivity index (χ2v) is 8.00. The molecule has 2 N–H and O–H groups in total. The van der Waals surface area contributed by atoms with Crippen molar-refractivity contribution < 1.29 is 9.15 Å². The number of nitrogens with one attached hydrogen (secondary N) is 2. The summed E-state index contributed by atoms with van der Waals surface area (Å²) in [6, 6.07) is 4.49. The van der Waals surface area contributed by atoms with Gasteiger partial charge in [-0.25, -0.2) is 0 Å². The first kappa shape index (κ1) is 22.8. The van der Waals surface area contributed by atoms with Crippen LogP contribution in [0.3, 0.4) is 0 Å². The summed E-state index contributed by atoms with van der Waals surface area (Å²) in [5.41, 5.74) is 0. The van der Waals surface area contributed by atoms with E-state index in [4.69, 9.17) is 14.1 Å². The summed E-state index contributed by atoms with van der Waals surface area (Å²) in [6.45, 7) is 6.63. The third-order valence-corrected chi connectivity index (χ3v) is 5.97. The Balaban J connectivity index is 0.00000261. The summed E-state index contributed by atoms with van der Waals surface area (Å²) < 4.78 is 10.8. The predicted octanol–water partition coefficient (Wildman–Crippen LogP) is 2.59. The standard InChI is InChI=1S/C19H32N4O2S.HI/c1-5-18(25-12-1)6-8-21-19(22-17-4-2-15-26-16-17)20-7-3-9-23-10-13-24-14-11-23;/h1,5,12,17H,2-4,6-11,13-16H2,(H2,20,21,22);1H. The fourth-order valence-corrected chi connectivity index (χ4v) is 4.34. The largest absolute Gasteiger partial charge is 0.469 e. The van der Waals surface area contributed by atoms with E-state index in [9.17, 15) is 0 Å². The van der Waals surface area contributed by atoms with Gasteiger partial charge in [-0.15, -0.1) is 24.0 Å². The van der Waals surface area contributed by atoms with E-state index in [0.29, 0.717) is 6.04 Å². The van der Waals surface area contributed by atoms with E-state index in [1.54, 1.807) is 6.26 Å². The second kappa shape index (κ2) is 13.7. The van der Waals surface area contributed by atoms with Crippen molar-refractivity contribution in [3.63, 3.8) is 0 Å². The molecular formula is C19H33IN4O2S. The first-order valence-corrected chi connectivity index (χ1v) is 11.0. The Kier molecular flexibility index (Phi) is 11.6. The van der Waals surface area contributed by atoms with E-state index in [1.807, 2.05) is 23.9 Å². The molecule has 154 valence electrons. The minimum Gasteiger partial charge on any atom is -0.469 e. The number of rotatable bonds is 8. The van der Waals surface area contributed by atoms with Gasteiger partial charge < -0.3 is 19.8 Å². The highest BCUT2D eigenvalue weighted by Crippen LogP contribution is 2.16. The molecule has 0 radical (unpaired) electrons. The van der Waals surface area contributed by atoms with Crippen molar-refractivity contribution in [1.29, 1.82) is 0 Å². The molecule has 2 aliphatic heterocycles. The maximum absolute atomic E-state index is 5.41. The molecule has 2 fully saturated rings. The molecule has 0 bridgehead atoms. The molecular weight excluding hydrogens is 475 g/mol. The van der Waals surface area contributed by atoms with E-state index < -0.39 is 0 Å². The summed E-state index contributed by atoms with van der Waals surface area (Å²) in [5.74, 6) is 4.42. The van der Waals surface area contributed by atoms with Crippen LogP contribution >= 0.6 is 35.7 Å². The minimum absolute atomic E-state index is 0. The van der Waals surface area contributed by atoms with E-state index in [2.05, 4.69) is 15.5 Å². The Labute approximate surface area is 184 Å². The van der Waals surface area contributed by atoms with Crippen molar-refractivity contribution in [2.24, 2.45) is 4.99 Å². The van der Waals surface area contributed by atoms with Crippen molar-refractivity contribution >= 4 is 41.7 Å². The Bertz CT molecular complexity index is 518. The number of ether oxygens (including phenoxy) is 1. The van der Waals surface area contributed by atoms with E-state index in [-0.39, 0.29) is 24.0 Å². The second-order valence-electron chi connectivity index (χ2n) is 6.85. The molecule has 1 aromatic rings. The van der Waals surface area contributed by atoms with Crippen LogP contribution in [0.4, 0.5) is 0 Å². The van der Waals surface area contributed by atoms with Crippen LogP contribution in [-0.4, -0.2) is 74.3 Å². The van der Waals surface area contributed by atoms with Gasteiger partial charge in [0.05, 0.1) is 19.5 Å². The molecule has 2 aliphatic rings. The fourth-order valence-electron chi connectivity index (χ4n) is 3.27. The van der Waals surface area contributed by atoms with Crippen molar-refractivity contribution in [3.05, 3.63) is 24.2 Å². The predicted molar refractivity (Wildman–Crippen MR) is 123 cm³/mol. The Hall–Kier alpha value is -0.450. The van der Waals surface area contributed by atoms with Crippen LogP contribution in [0.2, 0.25) is 0 Å². The van der Waals surface area contributed by atoms with Gasteiger partial charge in [-0.1, -0.05) is 0 Å². The lowest BCUT2D eigenvalue weighted by molar-refractivity contribution is 0.0377. The number of hydrogen-bond donors (Lipinski definition) is 2. The molecule has 8 heteroatoms. The van der Waals surface area contributed by atoms with E-state index >= 15 is 0 Å². The smallest absolute Gasteiger partial charge is 0.191 e. The molecule has 0 amide bonds. The lowest BCUT2D eigenvalue weighted by Crippen LogP contribution is -2.46. The van der Waals surface area contributed by atoms with Gasteiger partial charge in [0.15, 0.2) is 5.96 Å². The Morgan fingerprint density at radius 2 is 2.22 bits per heavy atom. The lowest BCUT2D eigenvalue weighted by atomic mass is 10.2. The minimum atomic E-state index is 0. The average molecular weight is 508 g/mol. The Morgan fingerprint density at radius 1 is 1.33 bits per heavy atom. The van der Waals surface area contributed by atoms with E-state index in [0.717, 1.165) is 70.5 Å². The van der Waals surface area contributed by atoms with Crippen LogP contribution in [0.15, 0.2) is 27.8 Å². The van der Waals surface area contributed by atoms with Crippen molar-refractivity contribution in [1.82, 2.24) is 15.5 Å². The number of morpholine rings is 1. The average Bonchev–Trinajstić information content (AvgIpc) is 3.20. The molecule has 0 saturated carbocycles. The monoisotopic (exact) mass is 508 g/mol. The van der Waals surface area contributed by atoms with E-state index in [1.165, 1.54) is 24.3 Å². The molecule has 1 aromatic heterocycles. The van der Waals surface area contributed by atoms with Crippen LogP contribution < -0.4 is 10.6 Å². The summed E-state index contributed by atoms with van der Waals surface area (Å²) in [4.78, 5) is 7.28. The first-order chi connectivity index (χ1) is 12.9. The topological polar surface area (TPSA) is 62.0 Å². The van der Waals surface area contributed by atoms with Gasteiger partial charge in [-0.2, -0.15) is 11.8 Å². The highest BCUT2D eigenvalue weighted by Gasteiger charge is 2.15. The number of aliphatic imine (C=N–C) groups is 1. The quantitative estimate of drug-likeness (QED) is 0.244. The highest BCUT2D eigenvalue weighted by atomic mass is 127. The number of guanidine groups is 1. The summed E-state index contributed by atoms with van der Waals surface area (Å²) in [7, 11) is 0. The number of furan rings is 1. The van der Waals surface area contributed by atoms with Gasteiger partial charge >= 0.3 is 0 Å². The van der Waals surface area contributed by atoms with Gasteiger partial charge in [-0.05, 0) is 37.1 Å². The zero-order valence-corrected chi connectivity index (χ0v) is 19.2. The van der Waals surface area contributed by atoms with Crippen molar-refractivity contribution in [2.45, 2.75) is 31.7 Å². The maximum Gasteiger partial charge on any atom is 0.191 e. The van der Waals surface area contributed by atoms with Crippen LogP contribution in [0.5, 0.6) is 0 Å². The van der Waals surface area contributed by atoms with Crippen LogP contribution in [0, 0.1) is 0 Å². The number of halogens is 1. The molecule has 27 heavy (non-hydrogen) atoms. The van der Waals surface area contributed by atoms with Gasteiger partial charge in [0.25, 0.3) is 0 Å². The van der Waals surface area contributed by atoms with Crippen LogP contribution in [-0.2, 0) is 11.2 Å². The summed E-state index contributed by atoms with van der Waals surface area (Å²) in [5, 5.41) is 7.11. The maximum atomic E-state index is 5.41. The molecule has 0 aromatic carbocycles. The third-order valence-electron chi connectivity index (χ3n) is 4.75. The Morgan fingerprint density at radius 3 is 2.96 bits per heavy atom. The SMILES string of the molecule is I.c1coc(CCNC(=NCCCN2CCOCC2)NC2CCCSC2)c1. The molecule has 6 nitrogen and oxygen atoms in total. The zero-order valence-electron chi connectivity index (χ0n) is 16.0. The van der Waals surface area contributed by atoms with Gasteiger partial charge in [0.2, 0.25) is 0 Å². The normalized spacial score (nSPS) is 21.5. The van der Waals surface area contributed by atoms with Crippen molar-refractivity contribution in [3.8, 4) is 0 Å². The molecule has 1 atom stereocenters. The first-order valence-electron chi connectivity index (χ1n) is 9.85. The highest BCUT2D eigenvalue weighted by molar-refractivity contribution is 14.0. The number of nitrogens with zero attached hydrogens (tertiary/aromatic N) is 2.